The molecule has 0 saturated heterocycles. The molecule has 6 aromatic rings. The van der Waals surface area contributed by atoms with E-state index in [-0.39, 0.29) is 43.2 Å². The largest absolute Gasteiger partial charge is 2.00 e. The van der Waals surface area contributed by atoms with Crippen molar-refractivity contribution in [2.75, 3.05) is 0 Å². The molecule has 16 heteroatoms. The molecular weight excluding hydrogens is 846 g/mol. The van der Waals surface area contributed by atoms with E-state index in [4.69, 9.17) is 0 Å². The van der Waals surface area contributed by atoms with Crippen LogP contribution in [0.15, 0.2) is 91.5 Å². The monoisotopic (exact) mass is 861 g/mol. The molecule has 0 N–H and O–H groups in total. The van der Waals surface area contributed by atoms with E-state index in [9.17, 15) is 17.6 Å². The number of nitrogens with zero attached hydrogens (tertiary/aromatic N) is 6. The fourth-order valence-corrected chi connectivity index (χ4v) is 5.66. The Morgan fingerprint density at radius 2 is 1.22 bits per heavy atom. The zero-order valence-electron chi connectivity index (χ0n) is 24.1. The smallest absolute Gasteiger partial charge is 0.341 e. The van der Waals surface area contributed by atoms with Crippen LogP contribution in [0.3, 0.4) is 0 Å². The summed E-state index contributed by atoms with van der Waals surface area (Å²) in [6, 6.07) is 18.2. The zero-order valence-corrected chi connectivity index (χ0v) is 26.3. The third-order valence-electron chi connectivity index (χ3n) is 7.84. The van der Waals surface area contributed by atoms with Crippen LogP contribution in [0.4, 0.5) is 39.5 Å². The van der Waals surface area contributed by atoms with E-state index in [1.165, 1.54) is 12.4 Å². The van der Waals surface area contributed by atoms with Gasteiger partial charge in [-0.25, -0.2) is 0 Å². The number of halogens is 9. The normalized spacial score (nSPS) is 15.8. The predicted molar refractivity (Wildman–Crippen MR) is 149 cm³/mol. The molecule has 3 aromatic heterocycles. The van der Waals surface area contributed by atoms with Crippen LogP contribution in [0.25, 0.3) is 17.1 Å². The van der Waals surface area contributed by atoms with Crippen LogP contribution in [0.5, 0.6) is 0 Å². The third kappa shape index (κ3) is 5.22. The van der Waals surface area contributed by atoms with Crippen LogP contribution in [-0.2, 0) is 44.5 Å². The van der Waals surface area contributed by atoms with E-state index in [1.54, 1.807) is 72.9 Å². The zero-order chi connectivity index (χ0) is 34.1. The molecule has 0 unspecified atom stereocenters. The maximum Gasteiger partial charge on any atom is 2.00 e. The van der Waals surface area contributed by atoms with E-state index >= 15 is 22.0 Å². The van der Waals surface area contributed by atoms with Crippen LogP contribution in [0.2, 0.25) is 0 Å². The molecule has 0 fully saturated rings. The van der Waals surface area contributed by atoms with Crippen molar-refractivity contribution in [1.29, 1.82) is 0 Å². The first-order valence-corrected chi connectivity index (χ1v) is 13.8. The second-order valence-corrected chi connectivity index (χ2v) is 10.6. The quantitative estimate of drug-likeness (QED) is 0.133. The van der Waals surface area contributed by atoms with Gasteiger partial charge in [-0.1, -0.05) is 78.5 Å². The molecule has 4 heterocycles. The summed E-state index contributed by atoms with van der Waals surface area (Å²) in [7, 11) is 0. The second kappa shape index (κ2) is 11.9. The van der Waals surface area contributed by atoms with Crippen molar-refractivity contribution >= 4 is 0 Å². The van der Waals surface area contributed by atoms with Crippen molar-refractivity contribution in [2.45, 2.75) is 23.4 Å². The molecule has 8 bridgehead atoms. The third-order valence-corrected chi connectivity index (χ3v) is 7.84. The van der Waals surface area contributed by atoms with Crippen LogP contribution >= 0.6 is 0 Å². The first-order chi connectivity index (χ1) is 22.8. The number of alkyl halides is 7. The summed E-state index contributed by atoms with van der Waals surface area (Å²) in [5.74, 6) is -15.9. The van der Waals surface area contributed by atoms with E-state index in [1.807, 2.05) is 0 Å². The molecule has 250 valence electrons. The van der Waals surface area contributed by atoms with Crippen LogP contribution in [-0.4, -0.2) is 29.7 Å². The molecule has 0 spiro atoms. The maximum atomic E-state index is 15.7. The van der Waals surface area contributed by atoms with Gasteiger partial charge >= 0.3 is 39.1 Å². The number of fused-ring (bicyclic) bond motifs is 10. The van der Waals surface area contributed by atoms with E-state index in [0.717, 1.165) is 12.4 Å². The van der Waals surface area contributed by atoms with E-state index in [0.29, 0.717) is 11.1 Å². The number of benzene rings is 3. The van der Waals surface area contributed by atoms with Crippen molar-refractivity contribution < 1.29 is 60.6 Å². The molecule has 3 aromatic carbocycles. The Morgan fingerprint density at radius 1 is 0.673 bits per heavy atom. The van der Waals surface area contributed by atoms with Gasteiger partial charge in [0, 0.05) is 42.1 Å². The summed E-state index contributed by atoms with van der Waals surface area (Å²) in [5.41, 5.74) is -9.51. The summed E-state index contributed by atoms with van der Waals surface area (Å²) >= 11 is 0. The average Bonchev–Trinajstić information content (AvgIpc) is 3.54. The summed E-state index contributed by atoms with van der Waals surface area (Å²) < 4.78 is 136. The summed E-state index contributed by atoms with van der Waals surface area (Å²) in [4.78, 5) is 17.2. The van der Waals surface area contributed by atoms with Gasteiger partial charge in [-0.15, -0.1) is 6.07 Å². The molecule has 0 radical (unpaired) electrons. The average molecular weight is 862 g/mol. The molecule has 1 aliphatic rings. The molecule has 7 rings (SSSR count). The Morgan fingerprint density at radius 3 is 1.82 bits per heavy atom. The van der Waals surface area contributed by atoms with E-state index < -0.39 is 69.0 Å². The maximum absolute atomic E-state index is 15.7. The summed E-state index contributed by atoms with van der Waals surface area (Å²) in [5, 5.41) is 3.14. The van der Waals surface area contributed by atoms with E-state index in [2.05, 4.69) is 25.0 Å². The Hall–Kier alpha value is -4.91. The van der Waals surface area contributed by atoms with Gasteiger partial charge in [-0.3, -0.25) is 33.8 Å². The van der Waals surface area contributed by atoms with Crippen LogP contribution in [0, 0.1) is 23.9 Å². The fourth-order valence-electron chi connectivity index (χ4n) is 5.66. The molecule has 0 amide bonds. The van der Waals surface area contributed by atoms with Crippen molar-refractivity contribution in [2.24, 2.45) is 0 Å². The van der Waals surface area contributed by atoms with Crippen molar-refractivity contribution in [3.05, 3.63) is 155 Å². The summed E-state index contributed by atoms with van der Waals surface area (Å²) in [6.45, 7) is 0. The van der Waals surface area contributed by atoms with Crippen LogP contribution < -0.4 is 0 Å². The van der Waals surface area contributed by atoms with Crippen LogP contribution in [0.1, 0.15) is 39.3 Å². The Labute approximate surface area is 285 Å². The SMILES string of the molecule is Fc1cc(F)c2[c-]c1-c1cncc(n1)C(c1ccccc1)(c1ccccc1)c1cncc(n1)-n1[c-]c(c(C(F)(F)F)n1)C(F)(F)C2(F)F.[Pt+2]. The molecule has 1 aliphatic heterocycles. The Balaban J connectivity index is 0.00000417. The predicted octanol–water partition coefficient (Wildman–Crippen LogP) is 7.59. The molecule has 6 nitrogen and oxygen atoms in total. The summed E-state index contributed by atoms with van der Waals surface area (Å²) in [6.07, 6.45) is 0.122. The van der Waals surface area contributed by atoms with Gasteiger partial charge in [0.1, 0.15) is 5.41 Å². The van der Waals surface area contributed by atoms with Gasteiger partial charge in [0.2, 0.25) is 0 Å². The van der Waals surface area contributed by atoms with Crippen molar-refractivity contribution in [1.82, 2.24) is 29.7 Å². The first kappa shape index (κ1) is 34.0. The Bertz CT molecular complexity index is 2130. The second-order valence-electron chi connectivity index (χ2n) is 10.6. The van der Waals surface area contributed by atoms with Crippen molar-refractivity contribution in [3.63, 3.8) is 0 Å². The number of hydrogen-bond acceptors (Lipinski definition) is 5. The minimum absolute atomic E-state index is 0. The first-order valence-electron chi connectivity index (χ1n) is 13.8. The van der Waals surface area contributed by atoms with Crippen molar-refractivity contribution in [3.8, 4) is 17.1 Å². The standard InChI is InChI=1S/C33H15F9N6.Pt/c34-23-12-24(35)21-11-20(23)25-13-43-14-26(45-25)30(18-7-3-1-4-8-18,19-9-5-2-6-10-19)27-15-44-16-28(46-27)48-17-22(29(47-48)33(40,41)42)32(38,39)31(21,36)37;/h1-10,12-16H;/q-2;+2. The number of aromatic nitrogens is 6. The Kier molecular flexibility index (Phi) is 8.25. The topological polar surface area (TPSA) is 69.4 Å². The minimum atomic E-state index is -5.82. The minimum Gasteiger partial charge on any atom is -0.341 e. The molecule has 0 saturated carbocycles. The fraction of sp³-hybridized carbons (Fsp3) is 0.121. The number of hydrogen-bond donors (Lipinski definition) is 0. The van der Waals surface area contributed by atoms with Gasteiger partial charge in [0.25, 0.3) is 0 Å². The number of rotatable bonds is 2. The van der Waals surface area contributed by atoms with Gasteiger partial charge < -0.3 is 4.68 Å². The van der Waals surface area contributed by atoms with Gasteiger partial charge in [-0.2, -0.15) is 30.7 Å². The molecule has 0 aliphatic carbocycles. The molecule has 0 atom stereocenters. The molecular formula is C33H15F9N6Pt. The van der Waals surface area contributed by atoms with Gasteiger partial charge in [0.15, 0.2) is 0 Å². The van der Waals surface area contributed by atoms with Gasteiger partial charge in [-0.05, 0) is 22.3 Å². The van der Waals surface area contributed by atoms with Gasteiger partial charge in [0.05, 0.1) is 22.9 Å². The molecule has 49 heavy (non-hydrogen) atoms.